The van der Waals surface area contributed by atoms with E-state index >= 15 is 0 Å². The van der Waals surface area contributed by atoms with Crippen molar-refractivity contribution in [2.75, 3.05) is 7.11 Å². The minimum Gasteiger partial charge on any atom is -0.497 e. The van der Waals surface area contributed by atoms with Gasteiger partial charge in [0.05, 0.1) is 12.8 Å². The summed E-state index contributed by atoms with van der Waals surface area (Å²) in [6, 6.07) is 9.87. The molecule has 1 heterocycles. The van der Waals surface area contributed by atoms with E-state index in [0.29, 0.717) is 5.69 Å². The highest BCUT2D eigenvalue weighted by Crippen LogP contribution is 2.27. The van der Waals surface area contributed by atoms with Crippen LogP contribution in [-0.2, 0) is 0 Å². The topological polar surface area (TPSA) is 54.6 Å². The molecule has 0 fully saturated rings. The van der Waals surface area contributed by atoms with Gasteiger partial charge >= 0.3 is 0 Å². The summed E-state index contributed by atoms with van der Waals surface area (Å²) in [6.07, 6.45) is 0. The maximum Gasteiger partial charge on any atom is 0.198 e. The van der Waals surface area contributed by atoms with Gasteiger partial charge in [0, 0.05) is 12.1 Å². The zero-order valence-corrected chi connectivity index (χ0v) is 8.21. The Labute approximate surface area is 87.0 Å². The Hall–Kier alpha value is -2.10. The van der Waals surface area contributed by atoms with Crippen molar-refractivity contribution in [3.05, 3.63) is 36.4 Å². The first-order chi connectivity index (χ1) is 7.22. The third-order valence-corrected chi connectivity index (χ3v) is 2.17. The van der Waals surface area contributed by atoms with E-state index in [4.69, 9.17) is 4.74 Å². The molecule has 2 N–H and O–H groups in total. The summed E-state index contributed by atoms with van der Waals surface area (Å²) in [5.41, 5.74) is 0.677. The summed E-state index contributed by atoms with van der Waals surface area (Å²) in [4.78, 5) is 0. The molecule has 2 aromatic rings. The first-order valence-corrected chi connectivity index (χ1v) is 4.46. The van der Waals surface area contributed by atoms with Crippen LogP contribution in [0.25, 0.3) is 5.69 Å². The van der Waals surface area contributed by atoms with Gasteiger partial charge in [-0.25, -0.2) is 0 Å². The maximum atomic E-state index is 9.48. The van der Waals surface area contributed by atoms with Crippen LogP contribution in [0.3, 0.4) is 0 Å². The predicted octanol–water partition coefficient (Wildman–Crippen LogP) is 1.90. The number of nitrogens with zero attached hydrogens (tertiary/aromatic N) is 1. The van der Waals surface area contributed by atoms with Crippen molar-refractivity contribution < 1.29 is 14.9 Å². The molecular formula is C11H11NO3. The number of hydrogen-bond acceptors (Lipinski definition) is 3. The molecule has 4 heteroatoms. The lowest BCUT2D eigenvalue weighted by Gasteiger charge is -2.07. The van der Waals surface area contributed by atoms with Crippen LogP contribution in [0.5, 0.6) is 17.5 Å². The van der Waals surface area contributed by atoms with Crippen LogP contribution in [0.1, 0.15) is 0 Å². The van der Waals surface area contributed by atoms with Gasteiger partial charge in [-0.15, -0.1) is 0 Å². The normalized spacial score (nSPS) is 10.2. The van der Waals surface area contributed by atoms with Crippen molar-refractivity contribution in [3.8, 4) is 23.2 Å². The lowest BCUT2D eigenvalue weighted by molar-refractivity contribution is 0.401. The lowest BCUT2D eigenvalue weighted by Crippen LogP contribution is -1.92. The predicted molar refractivity (Wildman–Crippen MR) is 55.7 cm³/mol. The number of rotatable bonds is 2. The minimum atomic E-state index is -0.00216. The van der Waals surface area contributed by atoms with E-state index in [1.54, 1.807) is 31.4 Å². The number of aromatic nitrogens is 1. The molecule has 0 saturated heterocycles. The molecule has 0 bridgehead atoms. The zero-order valence-electron chi connectivity index (χ0n) is 8.21. The molecule has 0 aliphatic rings. The van der Waals surface area contributed by atoms with Gasteiger partial charge in [0.25, 0.3) is 0 Å². The molecule has 0 atom stereocenters. The third-order valence-electron chi connectivity index (χ3n) is 2.17. The first kappa shape index (κ1) is 9.45. The molecule has 0 aliphatic carbocycles. The summed E-state index contributed by atoms with van der Waals surface area (Å²) in [6.45, 7) is 0. The number of ether oxygens (including phenoxy) is 1. The summed E-state index contributed by atoms with van der Waals surface area (Å²) in [5.74, 6) is 0.722. The Bertz CT molecular complexity index is 440. The molecule has 0 saturated carbocycles. The molecule has 0 aliphatic heterocycles. The van der Waals surface area contributed by atoms with Crippen molar-refractivity contribution in [3.63, 3.8) is 0 Å². The first-order valence-electron chi connectivity index (χ1n) is 4.46. The van der Waals surface area contributed by atoms with E-state index in [9.17, 15) is 10.2 Å². The van der Waals surface area contributed by atoms with Gasteiger partial charge in [-0.1, -0.05) is 0 Å². The highest BCUT2D eigenvalue weighted by molar-refractivity contribution is 5.44. The molecule has 0 spiro atoms. The Kier molecular flexibility index (Phi) is 2.25. The SMILES string of the molecule is COc1ccc(-n2c(O)ccc2O)cc1. The van der Waals surface area contributed by atoms with Gasteiger partial charge in [0.2, 0.25) is 0 Å². The number of aromatic hydroxyl groups is 2. The summed E-state index contributed by atoms with van der Waals surface area (Å²) < 4.78 is 6.35. The highest BCUT2D eigenvalue weighted by atomic mass is 16.5. The monoisotopic (exact) mass is 205 g/mol. The van der Waals surface area contributed by atoms with Crippen molar-refractivity contribution in [1.82, 2.24) is 4.57 Å². The second kappa shape index (κ2) is 3.57. The van der Waals surface area contributed by atoms with Gasteiger partial charge < -0.3 is 14.9 Å². The Morgan fingerprint density at radius 3 is 1.93 bits per heavy atom. The summed E-state index contributed by atoms with van der Waals surface area (Å²) in [5, 5.41) is 19.0. The van der Waals surface area contributed by atoms with Crippen LogP contribution in [0.2, 0.25) is 0 Å². The molecular weight excluding hydrogens is 194 g/mol. The quantitative estimate of drug-likeness (QED) is 0.787. The average molecular weight is 205 g/mol. The second-order valence-electron chi connectivity index (χ2n) is 3.08. The molecule has 4 nitrogen and oxygen atoms in total. The molecule has 78 valence electrons. The third kappa shape index (κ3) is 1.61. The molecule has 1 aromatic heterocycles. The van der Waals surface area contributed by atoms with Crippen molar-refractivity contribution >= 4 is 0 Å². The molecule has 0 radical (unpaired) electrons. The van der Waals surface area contributed by atoms with Crippen LogP contribution >= 0.6 is 0 Å². The van der Waals surface area contributed by atoms with Crippen molar-refractivity contribution in [2.24, 2.45) is 0 Å². The number of hydrogen-bond donors (Lipinski definition) is 2. The fourth-order valence-corrected chi connectivity index (χ4v) is 1.41. The molecule has 15 heavy (non-hydrogen) atoms. The van der Waals surface area contributed by atoms with Crippen LogP contribution in [-0.4, -0.2) is 21.9 Å². The maximum absolute atomic E-state index is 9.48. The van der Waals surface area contributed by atoms with E-state index in [1.165, 1.54) is 16.7 Å². The van der Waals surface area contributed by atoms with Crippen LogP contribution in [0, 0.1) is 0 Å². The van der Waals surface area contributed by atoms with E-state index in [1.807, 2.05) is 0 Å². The van der Waals surface area contributed by atoms with Gasteiger partial charge in [0.15, 0.2) is 11.8 Å². The standard InChI is InChI=1S/C11H11NO3/c1-15-9-4-2-8(3-5-9)12-10(13)6-7-11(12)14/h2-7,13-14H,1H3. The Morgan fingerprint density at radius 1 is 0.933 bits per heavy atom. The molecule has 1 aromatic carbocycles. The Balaban J connectivity index is 2.45. The van der Waals surface area contributed by atoms with Gasteiger partial charge in [-0.05, 0) is 24.3 Å². The highest BCUT2D eigenvalue weighted by Gasteiger charge is 2.07. The number of methoxy groups -OCH3 is 1. The lowest BCUT2D eigenvalue weighted by atomic mass is 10.3. The molecule has 0 amide bonds. The largest absolute Gasteiger partial charge is 0.497 e. The minimum absolute atomic E-state index is 0.00216. The zero-order chi connectivity index (χ0) is 10.8. The second-order valence-corrected chi connectivity index (χ2v) is 3.08. The summed E-state index contributed by atoms with van der Waals surface area (Å²) >= 11 is 0. The fraction of sp³-hybridized carbons (Fsp3) is 0.0909. The number of benzene rings is 1. The van der Waals surface area contributed by atoms with Crippen molar-refractivity contribution in [2.45, 2.75) is 0 Å². The van der Waals surface area contributed by atoms with Crippen molar-refractivity contribution in [1.29, 1.82) is 0 Å². The van der Waals surface area contributed by atoms with Gasteiger partial charge in [-0.2, -0.15) is 0 Å². The van der Waals surface area contributed by atoms with Crippen LogP contribution < -0.4 is 4.74 Å². The van der Waals surface area contributed by atoms with Crippen LogP contribution in [0.15, 0.2) is 36.4 Å². The smallest absolute Gasteiger partial charge is 0.198 e. The van der Waals surface area contributed by atoms with E-state index < -0.39 is 0 Å². The fourth-order valence-electron chi connectivity index (χ4n) is 1.41. The molecule has 2 rings (SSSR count). The van der Waals surface area contributed by atoms with Gasteiger partial charge in [-0.3, -0.25) is 4.57 Å². The average Bonchev–Trinajstić information content (AvgIpc) is 2.59. The Morgan fingerprint density at radius 2 is 1.47 bits per heavy atom. The van der Waals surface area contributed by atoms with E-state index in [0.717, 1.165) is 5.75 Å². The van der Waals surface area contributed by atoms with E-state index in [-0.39, 0.29) is 11.8 Å². The summed E-state index contributed by atoms with van der Waals surface area (Å²) in [7, 11) is 1.58. The van der Waals surface area contributed by atoms with Gasteiger partial charge in [0.1, 0.15) is 5.75 Å². The van der Waals surface area contributed by atoms with E-state index in [2.05, 4.69) is 0 Å². The van der Waals surface area contributed by atoms with Crippen LogP contribution in [0.4, 0.5) is 0 Å². The molecule has 0 unspecified atom stereocenters.